The minimum absolute atomic E-state index is 0.149. The van der Waals surface area contributed by atoms with Gasteiger partial charge in [0.25, 0.3) is 0 Å². The van der Waals surface area contributed by atoms with Crippen LogP contribution in [0.5, 0.6) is 5.75 Å². The molecule has 0 radical (unpaired) electrons. The predicted molar refractivity (Wildman–Crippen MR) is 185 cm³/mol. The maximum atomic E-state index is 13.0. The number of rotatable bonds is 11. The van der Waals surface area contributed by atoms with Gasteiger partial charge < -0.3 is 25.2 Å². The number of hydrogen-bond donors (Lipinski definition) is 2. The van der Waals surface area contributed by atoms with Crippen LogP contribution in [0.3, 0.4) is 0 Å². The van der Waals surface area contributed by atoms with Crippen LogP contribution in [0, 0.1) is 0 Å². The van der Waals surface area contributed by atoms with Crippen molar-refractivity contribution in [3.8, 4) is 5.75 Å². The molecule has 2 N–H and O–H groups in total. The lowest BCUT2D eigenvalue weighted by Crippen LogP contribution is -2.42. The molecular weight excluding hydrogens is 626 g/mol. The molecule has 2 aromatic heterocycles. The van der Waals surface area contributed by atoms with E-state index < -0.39 is 10.0 Å². The van der Waals surface area contributed by atoms with Crippen LogP contribution in [0.4, 0.5) is 34.5 Å². The third-order valence-corrected chi connectivity index (χ3v) is 10.1. The van der Waals surface area contributed by atoms with Crippen molar-refractivity contribution < 1.29 is 13.2 Å². The Morgan fingerprint density at radius 3 is 2.39 bits per heavy atom. The van der Waals surface area contributed by atoms with Crippen molar-refractivity contribution in [1.29, 1.82) is 0 Å². The Kier molecular flexibility index (Phi) is 9.08. The van der Waals surface area contributed by atoms with Crippen molar-refractivity contribution in [1.82, 2.24) is 24.8 Å². The molecule has 6 rings (SSSR count). The van der Waals surface area contributed by atoms with Crippen LogP contribution in [0.1, 0.15) is 38.2 Å². The van der Waals surface area contributed by atoms with E-state index in [0.717, 1.165) is 50.9 Å². The molecule has 12 nitrogen and oxygen atoms in total. The zero-order valence-corrected chi connectivity index (χ0v) is 28.4. The zero-order valence-electron chi connectivity index (χ0n) is 26.8. The molecule has 46 heavy (non-hydrogen) atoms. The molecule has 0 amide bonds. The Bertz CT molecular complexity index is 1840. The summed E-state index contributed by atoms with van der Waals surface area (Å²) in [5, 5.41) is 6.86. The molecule has 3 heterocycles. The average molecular weight is 666 g/mol. The first-order chi connectivity index (χ1) is 22.1. The number of sulfonamides is 1. The lowest BCUT2D eigenvalue weighted by molar-refractivity contribution is 0.249. The fourth-order valence-corrected chi connectivity index (χ4v) is 7.53. The standard InChI is InChI=1S/C32H40ClN9O3S/c1-6-20-17-26(28(45-4)18-27(20)41-15-11-21(12-16-41)40(2)3)38-32-36-19-23(33)31(39-32)37-25-10-9-24-29(35-14-13-34-24)30(25)42(22-7-8-22)46(5,43)44/h9-10,13-14,17-19,21-22H,6-8,11-12,15-16H2,1-5H3,(H2,36,37,38,39). The van der Waals surface area contributed by atoms with E-state index in [4.69, 9.17) is 21.3 Å². The van der Waals surface area contributed by atoms with Crippen LogP contribution in [-0.4, -0.2) is 85.9 Å². The number of nitrogens with one attached hydrogen (secondary N) is 2. The van der Waals surface area contributed by atoms with E-state index in [9.17, 15) is 8.42 Å². The van der Waals surface area contributed by atoms with Gasteiger partial charge in [0, 0.05) is 49.3 Å². The number of aryl methyl sites for hydroxylation is 1. The first-order valence-corrected chi connectivity index (χ1v) is 17.7. The van der Waals surface area contributed by atoms with Gasteiger partial charge in [0.1, 0.15) is 22.0 Å². The van der Waals surface area contributed by atoms with Gasteiger partial charge in [-0.3, -0.25) is 14.3 Å². The molecule has 1 aliphatic heterocycles. The van der Waals surface area contributed by atoms with Crippen LogP contribution in [0.25, 0.3) is 11.0 Å². The summed E-state index contributed by atoms with van der Waals surface area (Å²) in [6.07, 6.45) is 10.4. The van der Waals surface area contributed by atoms with Crippen LogP contribution in [-0.2, 0) is 16.4 Å². The molecule has 2 aliphatic rings. The molecule has 0 bridgehead atoms. The van der Waals surface area contributed by atoms with Crippen molar-refractivity contribution in [2.45, 2.75) is 51.1 Å². The maximum absolute atomic E-state index is 13.0. The van der Waals surface area contributed by atoms with Gasteiger partial charge in [-0.1, -0.05) is 18.5 Å². The molecule has 0 atom stereocenters. The van der Waals surface area contributed by atoms with Crippen molar-refractivity contribution in [2.75, 3.05) is 60.4 Å². The van der Waals surface area contributed by atoms with Crippen LogP contribution in [0.2, 0.25) is 5.02 Å². The fourth-order valence-electron chi connectivity index (χ4n) is 6.12. The number of ether oxygens (including phenoxy) is 1. The number of piperidine rings is 1. The molecule has 4 aromatic rings. The van der Waals surface area contributed by atoms with E-state index in [0.29, 0.717) is 46.0 Å². The number of fused-ring (bicyclic) bond motifs is 1. The zero-order chi connectivity index (χ0) is 32.6. The van der Waals surface area contributed by atoms with E-state index in [1.54, 1.807) is 31.6 Å². The molecule has 2 fully saturated rings. The van der Waals surface area contributed by atoms with E-state index in [2.05, 4.69) is 68.5 Å². The second-order valence-corrected chi connectivity index (χ2v) is 14.3. The highest BCUT2D eigenvalue weighted by molar-refractivity contribution is 7.92. The van der Waals surface area contributed by atoms with Crippen LogP contribution in [0.15, 0.2) is 42.9 Å². The maximum Gasteiger partial charge on any atom is 0.232 e. The topological polar surface area (TPSA) is 129 Å². The van der Waals surface area contributed by atoms with Crippen LogP contribution < -0.4 is 24.6 Å². The van der Waals surface area contributed by atoms with Gasteiger partial charge in [-0.2, -0.15) is 4.98 Å². The number of hydrogen-bond acceptors (Lipinski definition) is 11. The summed E-state index contributed by atoms with van der Waals surface area (Å²) in [7, 11) is 2.32. The molecular formula is C32H40ClN9O3S. The Labute approximate surface area is 275 Å². The minimum atomic E-state index is -3.62. The van der Waals surface area contributed by atoms with E-state index in [-0.39, 0.29) is 11.1 Å². The Morgan fingerprint density at radius 2 is 1.74 bits per heavy atom. The number of aromatic nitrogens is 4. The average Bonchev–Trinajstić information content (AvgIpc) is 3.88. The van der Waals surface area contributed by atoms with Crippen molar-refractivity contribution in [3.05, 3.63) is 53.4 Å². The second kappa shape index (κ2) is 13.0. The monoisotopic (exact) mass is 665 g/mol. The Balaban J connectivity index is 1.32. The summed E-state index contributed by atoms with van der Waals surface area (Å²) in [4.78, 5) is 22.8. The number of nitrogens with zero attached hydrogens (tertiary/aromatic N) is 7. The minimum Gasteiger partial charge on any atom is -0.494 e. The third kappa shape index (κ3) is 6.62. The van der Waals surface area contributed by atoms with Gasteiger partial charge in [0.2, 0.25) is 16.0 Å². The highest BCUT2D eigenvalue weighted by atomic mass is 35.5. The molecule has 1 saturated carbocycles. The van der Waals surface area contributed by atoms with Gasteiger partial charge >= 0.3 is 0 Å². The SMILES string of the molecule is CCc1cc(Nc2ncc(Cl)c(Nc3ccc4nccnc4c3N(C3CC3)S(C)(=O)=O)n2)c(OC)cc1N1CCC(N(C)C)CC1. The molecule has 0 unspecified atom stereocenters. The third-order valence-electron chi connectivity index (χ3n) is 8.63. The van der Waals surface area contributed by atoms with Gasteiger partial charge in [-0.05, 0) is 70.0 Å². The summed E-state index contributed by atoms with van der Waals surface area (Å²) in [6, 6.07) is 8.19. The number of methoxy groups -OCH3 is 1. The van der Waals surface area contributed by atoms with Crippen molar-refractivity contribution in [2.24, 2.45) is 0 Å². The highest BCUT2D eigenvalue weighted by Crippen LogP contribution is 2.43. The largest absolute Gasteiger partial charge is 0.494 e. The smallest absolute Gasteiger partial charge is 0.232 e. The van der Waals surface area contributed by atoms with Crippen molar-refractivity contribution in [3.63, 3.8) is 0 Å². The summed E-state index contributed by atoms with van der Waals surface area (Å²) in [6.45, 7) is 4.12. The number of halogens is 1. The molecule has 1 aliphatic carbocycles. The quantitative estimate of drug-likeness (QED) is 0.208. The first kappa shape index (κ1) is 32.0. The van der Waals surface area contributed by atoms with Gasteiger partial charge in [0.05, 0.1) is 36.5 Å². The molecule has 1 saturated heterocycles. The molecule has 2 aromatic carbocycles. The second-order valence-electron chi connectivity index (χ2n) is 12.0. The number of anilines is 6. The molecule has 14 heteroatoms. The van der Waals surface area contributed by atoms with Gasteiger partial charge in [-0.25, -0.2) is 13.4 Å². The van der Waals surface area contributed by atoms with E-state index in [1.165, 1.54) is 28.0 Å². The summed E-state index contributed by atoms with van der Waals surface area (Å²) in [5.41, 5.74) is 5.07. The van der Waals surface area contributed by atoms with E-state index >= 15 is 0 Å². The number of benzene rings is 2. The Morgan fingerprint density at radius 1 is 1.00 bits per heavy atom. The molecule has 0 spiro atoms. The summed E-state index contributed by atoms with van der Waals surface area (Å²) >= 11 is 6.60. The highest BCUT2D eigenvalue weighted by Gasteiger charge is 2.38. The van der Waals surface area contributed by atoms with E-state index in [1.807, 2.05) is 0 Å². The molecule has 244 valence electrons. The Hall–Kier alpha value is -3.94. The predicted octanol–water partition coefficient (Wildman–Crippen LogP) is 5.59. The van der Waals surface area contributed by atoms with Crippen LogP contribution >= 0.6 is 11.6 Å². The fraction of sp³-hybridized carbons (Fsp3) is 0.438. The first-order valence-electron chi connectivity index (χ1n) is 15.5. The lowest BCUT2D eigenvalue weighted by Gasteiger charge is -2.37. The summed E-state index contributed by atoms with van der Waals surface area (Å²) < 4.78 is 33.3. The van der Waals surface area contributed by atoms with Gasteiger partial charge in [0.15, 0.2) is 5.82 Å². The van der Waals surface area contributed by atoms with Crippen molar-refractivity contribution >= 4 is 67.2 Å². The summed E-state index contributed by atoms with van der Waals surface area (Å²) in [5.74, 6) is 1.29. The normalized spacial score (nSPS) is 15.8. The lowest BCUT2D eigenvalue weighted by atomic mass is 10.0. The van der Waals surface area contributed by atoms with Gasteiger partial charge in [-0.15, -0.1) is 0 Å².